The molecule has 0 saturated carbocycles. The third-order valence-electron chi connectivity index (χ3n) is 4.04. The van der Waals surface area contributed by atoms with Gasteiger partial charge in [0.1, 0.15) is 11.6 Å². The average Bonchev–Trinajstić information content (AvgIpc) is 3.06. The first-order valence-corrected chi connectivity index (χ1v) is 7.85. The van der Waals surface area contributed by atoms with Crippen LogP contribution in [0.15, 0.2) is 24.8 Å². The molecule has 2 rings (SSSR count). The largest absolute Gasteiger partial charge is 0.338 e. The fraction of sp³-hybridized carbons (Fsp3) is 0.625. The lowest BCUT2D eigenvalue weighted by molar-refractivity contribution is 0.279. The van der Waals surface area contributed by atoms with E-state index in [9.17, 15) is 0 Å². The van der Waals surface area contributed by atoms with Gasteiger partial charge < -0.3 is 14.0 Å². The van der Waals surface area contributed by atoms with E-state index < -0.39 is 0 Å². The second-order valence-electron chi connectivity index (χ2n) is 5.55. The molecule has 21 heavy (non-hydrogen) atoms. The zero-order chi connectivity index (χ0) is 15.1. The number of rotatable bonds is 9. The van der Waals surface area contributed by atoms with Crippen LogP contribution in [-0.2, 0) is 26.9 Å². The monoisotopic (exact) mass is 289 g/mol. The van der Waals surface area contributed by atoms with Crippen LogP contribution in [0.5, 0.6) is 0 Å². The molecule has 0 atom stereocenters. The summed E-state index contributed by atoms with van der Waals surface area (Å²) in [6.07, 6.45) is 12.2. The highest BCUT2D eigenvalue weighted by Crippen LogP contribution is 2.04. The Hall–Kier alpha value is -1.62. The Bertz CT molecular complexity index is 482. The molecular weight excluding hydrogens is 262 g/mol. The highest BCUT2D eigenvalue weighted by molar-refractivity contribution is 4.92. The molecule has 0 bridgehead atoms. The normalized spacial score (nSPS) is 11.4. The van der Waals surface area contributed by atoms with Crippen LogP contribution in [-0.4, -0.2) is 43.6 Å². The number of aromatic nitrogens is 4. The molecular formula is C16H27N5. The van der Waals surface area contributed by atoms with Gasteiger partial charge >= 0.3 is 0 Å². The van der Waals surface area contributed by atoms with Crippen molar-refractivity contribution in [3.05, 3.63) is 36.4 Å². The second-order valence-corrected chi connectivity index (χ2v) is 5.55. The predicted molar refractivity (Wildman–Crippen MR) is 85.2 cm³/mol. The summed E-state index contributed by atoms with van der Waals surface area (Å²) in [4.78, 5) is 11.3. The fourth-order valence-corrected chi connectivity index (χ4v) is 2.62. The first-order chi connectivity index (χ1) is 10.2. The van der Waals surface area contributed by atoms with E-state index in [-0.39, 0.29) is 0 Å². The first-order valence-electron chi connectivity index (χ1n) is 7.85. The predicted octanol–water partition coefficient (Wildman–Crippen LogP) is 2.04. The van der Waals surface area contributed by atoms with E-state index >= 15 is 0 Å². The van der Waals surface area contributed by atoms with Crippen molar-refractivity contribution in [2.45, 2.75) is 32.6 Å². The van der Waals surface area contributed by atoms with Gasteiger partial charge in [-0.3, -0.25) is 0 Å². The molecule has 0 spiro atoms. The van der Waals surface area contributed by atoms with Gasteiger partial charge in [0.25, 0.3) is 0 Å². The van der Waals surface area contributed by atoms with Crippen LogP contribution < -0.4 is 0 Å². The first kappa shape index (κ1) is 15.8. The third kappa shape index (κ3) is 4.70. The minimum atomic E-state index is 1.05. The standard InChI is InChI=1S/C16H27N5/c1-4-21(11-5-7-15-17-9-13-19(15)2)12-6-8-16-18-10-14-20(16)3/h9-10,13-14H,4-8,11-12H2,1-3H3. The molecule has 116 valence electrons. The summed E-state index contributed by atoms with van der Waals surface area (Å²) in [5.41, 5.74) is 0. The van der Waals surface area contributed by atoms with E-state index in [1.807, 2.05) is 24.8 Å². The van der Waals surface area contributed by atoms with Gasteiger partial charge in [-0.2, -0.15) is 0 Å². The fourth-order valence-electron chi connectivity index (χ4n) is 2.62. The summed E-state index contributed by atoms with van der Waals surface area (Å²) in [5, 5.41) is 0. The minimum Gasteiger partial charge on any atom is -0.338 e. The van der Waals surface area contributed by atoms with Crippen molar-refractivity contribution < 1.29 is 0 Å². The Labute approximate surface area is 127 Å². The maximum atomic E-state index is 4.38. The van der Waals surface area contributed by atoms with E-state index in [0.717, 1.165) is 32.5 Å². The zero-order valence-electron chi connectivity index (χ0n) is 13.5. The number of nitrogens with zero attached hydrogens (tertiary/aromatic N) is 5. The van der Waals surface area contributed by atoms with Gasteiger partial charge in [-0.1, -0.05) is 6.92 Å². The summed E-state index contributed by atoms with van der Waals surface area (Å²) >= 11 is 0. The summed E-state index contributed by atoms with van der Waals surface area (Å²) in [5.74, 6) is 2.36. The minimum absolute atomic E-state index is 1.05. The molecule has 0 N–H and O–H groups in total. The van der Waals surface area contributed by atoms with E-state index in [1.165, 1.54) is 24.5 Å². The maximum Gasteiger partial charge on any atom is 0.108 e. The second kappa shape index (κ2) is 7.98. The van der Waals surface area contributed by atoms with Crippen LogP contribution in [0.3, 0.4) is 0 Å². The van der Waals surface area contributed by atoms with E-state index in [4.69, 9.17) is 0 Å². The lowest BCUT2D eigenvalue weighted by atomic mass is 10.2. The van der Waals surface area contributed by atoms with Gasteiger partial charge in [0.05, 0.1) is 0 Å². The number of aryl methyl sites for hydroxylation is 4. The molecule has 2 aromatic rings. The summed E-state index contributed by atoms with van der Waals surface area (Å²) in [7, 11) is 4.12. The topological polar surface area (TPSA) is 38.9 Å². The highest BCUT2D eigenvalue weighted by atomic mass is 15.1. The quantitative estimate of drug-likeness (QED) is 0.709. The van der Waals surface area contributed by atoms with Gasteiger partial charge in [-0.05, 0) is 32.5 Å². The number of hydrogen-bond donors (Lipinski definition) is 0. The van der Waals surface area contributed by atoms with Crippen molar-refractivity contribution in [2.24, 2.45) is 14.1 Å². The summed E-state index contributed by atoms with van der Waals surface area (Å²) in [6, 6.07) is 0. The number of imidazole rings is 2. The summed E-state index contributed by atoms with van der Waals surface area (Å²) < 4.78 is 4.22. The molecule has 0 unspecified atom stereocenters. The Kier molecular flexibility index (Phi) is 5.99. The zero-order valence-corrected chi connectivity index (χ0v) is 13.5. The molecule has 0 aromatic carbocycles. The van der Waals surface area contributed by atoms with Crippen LogP contribution in [0, 0.1) is 0 Å². The third-order valence-corrected chi connectivity index (χ3v) is 4.04. The van der Waals surface area contributed by atoms with Crippen LogP contribution in [0.4, 0.5) is 0 Å². The van der Waals surface area contributed by atoms with Crippen LogP contribution >= 0.6 is 0 Å². The van der Waals surface area contributed by atoms with Gasteiger partial charge in [0, 0.05) is 51.7 Å². The summed E-state index contributed by atoms with van der Waals surface area (Å²) in [6.45, 7) is 5.64. The molecule has 0 radical (unpaired) electrons. The molecule has 5 nitrogen and oxygen atoms in total. The highest BCUT2D eigenvalue weighted by Gasteiger charge is 2.06. The van der Waals surface area contributed by atoms with Crippen molar-refractivity contribution in [1.82, 2.24) is 24.0 Å². The lowest BCUT2D eigenvalue weighted by Crippen LogP contribution is -2.26. The average molecular weight is 289 g/mol. The van der Waals surface area contributed by atoms with E-state index in [1.54, 1.807) is 0 Å². The molecule has 0 fully saturated rings. The molecule has 2 aromatic heterocycles. The van der Waals surface area contributed by atoms with Crippen LogP contribution in [0.1, 0.15) is 31.4 Å². The molecule has 0 aliphatic rings. The van der Waals surface area contributed by atoms with Crippen molar-refractivity contribution in [1.29, 1.82) is 0 Å². The molecule has 2 heterocycles. The van der Waals surface area contributed by atoms with Crippen molar-refractivity contribution in [3.8, 4) is 0 Å². The Balaban J connectivity index is 1.66. The van der Waals surface area contributed by atoms with Gasteiger partial charge in [-0.25, -0.2) is 9.97 Å². The van der Waals surface area contributed by atoms with Gasteiger partial charge in [0.2, 0.25) is 0 Å². The van der Waals surface area contributed by atoms with E-state index in [0.29, 0.717) is 0 Å². The van der Waals surface area contributed by atoms with Crippen molar-refractivity contribution >= 4 is 0 Å². The molecule has 5 heteroatoms. The SMILES string of the molecule is CCN(CCCc1nccn1C)CCCc1nccn1C. The Morgan fingerprint density at radius 3 is 1.71 bits per heavy atom. The molecule has 0 aliphatic heterocycles. The molecule has 0 amide bonds. The van der Waals surface area contributed by atoms with Crippen LogP contribution in [0.25, 0.3) is 0 Å². The van der Waals surface area contributed by atoms with Gasteiger partial charge in [0.15, 0.2) is 0 Å². The smallest absolute Gasteiger partial charge is 0.108 e. The van der Waals surface area contributed by atoms with Crippen molar-refractivity contribution in [2.75, 3.05) is 19.6 Å². The number of hydrogen-bond acceptors (Lipinski definition) is 3. The maximum absolute atomic E-state index is 4.38. The Morgan fingerprint density at radius 1 is 0.905 bits per heavy atom. The van der Waals surface area contributed by atoms with Gasteiger partial charge in [-0.15, -0.1) is 0 Å². The Morgan fingerprint density at radius 2 is 1.38 bits per heavy atom. The van der Waals surface area contributed by atoms with E-state index in [2.05, 4.69) is 45.0 Å². The molecule has 0 aliphatic carbocycles. The van der Waals surface area contributed by atoms with Crippen molar-refractivity contribution in [3.63, 3.8) is 0 Å². The lowest BCUT2D eigenvalue weighted by Gasteiger charge is -2.20. The van der Waals surface area contributed by atoms with Crippen LogP contribution in [0.2, 0.25) is 0 Å². The molecule has 0 saturated heterocycles.